The molecule has 138 valence electrons. The second kappa shape index (κ2) is 8.23. The van der Waals surface area contributed by atoms with Crippen molar-refractivity contribution in [2.24, 2.45) is 0 Å². The fourth-order valence-electron chi connectivity index (χ4n) is 3.04. The lowest BCUT2D eigenvalue weighted by Crippen LogP contribution is -2.46. The lowest BCUT2D eigenvalue weighted by molar-refractivity contribution is 0.0698. The maximum Gasteiger partial charge on any atom is 0.261 e. The van der Waals surface area contributed by atoms with Gasteiger partial charge in [0.2, 0.25) is 0 Å². The quantitative estimate of drug-likeness (QED) is 0.874. The highest BCUT2D eigenvalue weighted by molar-refractivity contribution is 7.12. The summed E-state index contributed by atoms with van der Waals surface area (Å²) in [7, 11) is 3.11. The van der Waals surface area contributed by atoms with E-state index in [-0.39, 0.29) is 17.9 Å². The van der Waals surface area contributed by atoms with Gasteiger partial charge in [-0.2, -0.15) is 0 Å². The number of piperidine rings is 1. The minimum Gasteiger partial charge on any atom is -0.493 e. The first-order valence-electron chi connectivity index (χ1n) is 8.48. The molecule has 0 bridgehead atoms. The average molecular weight is 374 g/mol. The Labute approximate surface area is 156 Å². The molecule has 1 fully saturated rings. The van der Waals surface area contributed by atoms with Crippen LogP contribution >= 0.6 is 11.3 Å². The first-order chi connectivity index (χ1) is 12.6. The van der Waals surface area contributed by atoms with Gasteiger partial charge in [0, 0.05) is 24.7 Å². The van der Waals surface area contributed by atoms with E-state index < -0.39 is 0 Å². The predicted octanol–water partition coefficient (Wildman–Crippen LogP) is 2.80. The predicted molar refractivity (Wildman–Crippen MR) is 100 cm³/mol. The van der Waals surface area contributed by atoms with E-state index >= 15 is 0 Å². The van der Waals surface area contributed by atoms with Crippen LogP contribution < -0.4 is 14.8 Å². The summed E-state index contributed by atoms with van der Waals surface area (Å²) < 4.78 is 10.5. The van der Waals surface area contributed by atoms with Gasteiger partial charge < -0.3 is 19.7 Å². The van der Waals surface area contributed by atoms with Crippen molar-refractivity contribution in [1.82, 2.24) is 10.2 Å². The topological polar surface area (TPSA) is 67.9 Å². The van der Waals surface area contributed by atoms with Gasteiger partial charge in [-0.1, -0.05) is 6.07 Å². The van der Waals surface area contributed by atoms with Crippen molar-refractivity contribution >= 4 is 23.2 Å². The third-order valence-electron chi connectivity index (χ3n) is 4.49. The molecule has 0 aliphatic carbocycles. The van der Waals surface area contributed by atoms with Crippen LogP contribution in [0.1, 0.15) is 32.9 Å². The third kappa shape index (κ3) is 3.99. The molecule has 0 saturated carbocycles. The number of benzene rings is 1. The van der Waals surface area contributed by atoms with Gasteiger partial charge >= 0.3 is 0 Å². The van der Waals surface area contributed by atoms with Crippen molar-refractivity contribution in [2.75, 3.05) is 27.3 Å². The molecule has 6 nitrogen and oxygen atoms in total. The highest BCUT2D eigenvalue weighted by Crippen LogP contribution is 2.28. The summed E-state index contributed by atoms with van der Waals surface area (Å²) >= 11 is 1.43. The van der Waals surface area contributed by atoms with Gasteiger partial charge in [-0.05, 0) is 42.5 Å². The molecule has 0 radical (unpaired) electrons. The number of carbonyl (C=O) groups is 2. The molecular weight excluding hydrogens is 352 g/mol. The van der Waals surface area contributed by atoms with E-state index in [9.17, 15) is 9.59 Å². The summed E-state index contributed by atoms with van der Waals surface area (Å²) in [4.78, 5) is 27.4. The smallest absolute Gasteiger partial charge is 0.261 e. The standard InChI is InChI=1S/C19H22N2O4S/c1-24-15-6-5-13(12-16(15)25-2)19(23)21-9-7-14(8-10-21)20-18(22)17-4-3-11-26-17/h3-6,11-12,14H,7-10H2,1-2H3,(H,20,22). The van der Waals surface area contributed by atoms with E-state index in [1.165, 1.54) is 11.3 Å². The highest BCUT2D eigenvalue weighted by Gasteiger charge is 2.25. The molecule has 1 aromatic heterocycles. The molecule has 2 amide bonds. The van der Waals surface area contributed by atoms with E-state index in [1.807, 2.05) is 22.4 Å². The van der Waals surface area contributed by atoms with Crippen LogP contribution in [-0.2, 0) is 0 Å². The lowest BCUT2D eigenvalue weighted by Gasteiger charge is -2.32. The summed E-state index contributed by atoms with van der Waals surface area (Å²) in [6.45, 7) is 1.23. The number of amides is 2. The summed E-state index contributed by atoms with van der Waals surface area (Å²) in [5.74, 6) is 1.06. The van der Waals surface area contributed by atoms with Crippen LogP contribution in [0.5, 0.6) is 11.5 Å². The largest absolute Gasteiger partial charge is 0.493 e. The zero-order valence-corrected chi connectivity index (χ0v) is 15.7. The summed E-state index contributed by atoms with van der Waals surface area (Å²) in [5, 5.41) is 4.94. The average Bonchev–Trinajstić information content (AvgIpc) is 3.22. The van der Waals surface area contributed by atoms with Crippen molar-refractivity contribution < 1.29 is 19.1 Å². The number of likely N-dealkylation sites (tertiary alicyclic amines) is 1. The number of nitrogens with zero attached hydrogens (tertiary/aromatic N) is 1. The summed E-state index contributed by atoms with van der Waals surface area (Å²) in [6.07, 6.45) is 1.49. The Kier molecular flexibility index (Phi) is 5.78. The summed E-state index contributed by atoms with van der Waals surface area (Å²) in [6, 6.07) is 8.96. The van der Waals surface area contributed by atoms with Gasteiger partial charge in [0.15, 0.2) is 11.5 Å². The number of carbonyl (C=O) groups excluding carboxylic acids is 2. The molecule has 1 saturated heterocycles. The van der Waals surface area contributed by atoms with Gasteiger partial charge in [0.05, 0.1) is 19.1 Å². The van der Waals surface area contributed by atoms with Crippen molar-refractivity contribution in [2.45, 2.75) is 18.9 Å². The van der Waals surface area contributed by atoms with Crippen molar-refractivity contribution in [3.05, 3.63) is 46.2 Å². The Balaban J connectivity index is 1.57. The van der Waals surface area contributed by atoms with Crippen LogP contribution in [-0.4, -0.2) is 50.1 Å². The molecule has 2 heterocycles. The van der Waals surface area contributed by atoms with Crippen LogP contribution in [0, 0.1) is 0 Å². The second-order valence-corrected chi connectivity index (χ2v) is 7.03. The number of hydrogen-bond acceptors (Lipinski definition) is 5. The van der Waals surface area contributed by atoms with Crippen LogP contribution in [0.4, 0.5) is 0 Å². The van der Waals surface area contributed by atoms with Gasteiger partial charge in [0.1, 0.15) is 0 Å². The Hall–Kier alpha value is -2.54. The Morgan fingerprint density at radius 1 is 1.12 bits per heavy atom. The molecule has 7 heteroatoms. The SMILES string of the molecule is COc1ccc(C(=O)N2CCC(NC(=O)c3cccs3)CC2)cc1OC. The van der Waals surface area contributed by atoms with Gasteiger partial charge in [-0.3, -0.25) is 9.59 Å². The molecule has 0 spiro atoms. The molecule has 0 unspecified atom stereocenters. The van der Waals surface area contributed by atoms with E-state index in [0.717, 1.165) is 12.8 Å². The third-order valence-corrected chi connectivity index (χ3v) is 5.36. The minimum atomic E-state index is -0.0373. The molecule has 2 aromatic rings. The van der Waals surface area contributed by atoms with Gasteiger partial charge in [-0.15, -0.1) is 11.3 Å². The number of rotatable bonds is 5. The Morgan fingerprint density at radius 3 is 2.46 bits per heavy atom. The minimum absolute atomic E-state index is 0.0333. The fourth-order valence-corrected chi connectivity index (χ4v) is 3.67. The Morgan fingerprint density at radius 2 is 1.85 bits per heavy atom. The van der Waals surface area contributed by atoms with Gasteiger partial charge in [-0.25, -0.2) is 0 Å². The number of methoxy groups -OCH3 is 2. The van der Waals surface area contributed by atoms with E-state index in [2.05, 4.69) is 5.32 Å². The molecular formula is C19H22N2O4S. The molecule has 1 aliphatic rings. The fraction of sp³-hybridized carbons (Fsp3) is 0.368. The lowest BCUT2D eigenvalue weighted by atomic mass is 10.0. The molecule has 1 N–H and O–H groups in total. The normalized spacial score (nSPS) is 14.8. The number of hydrogen-bond donors (Lipinski definition) is 1. The van der Waals surface area contributed by atoms with Crippen molar-refractivity contribution in [1.29, 1.82) is 0 Å². The molecule has 26 heavy (non-hydrogen) atoms. The van der Waals surface area contributed by atoms with E-state index in [0.29, 0.717) is 35.0 Å². The van der Waals surface area contributed by atoms with Gasteiger partial charge in [0.25, 0.3) is 11.8 Å². The maximum atomic E-state index is 12.7. The van der Waals surface area contributed by atoms with Crippen LogP contribution in [0.15, 0.2) is 35.7 Å². The second-order valence-electron chi connectivity index (χ2n) is 6.09. The monoisotopic (exact) mass is 374 g/mol. The molecule has 1 aliphatic heterocycles. The summed E-state index contributed by atoms with van der Waals surface area (Å²) in [5.41, 5.74) is 0.573. The number of ether oxygens (including phenoxy) is 2. The molecule has 3 rings (SSSR count). The maximum absolute atomic E-state index is 12.7. The van der Waals surface area contributed by atoms with Crippen molar-refractivity contribution in [3.8, 4) is 11.5 Å². The van der Waals surface area contributed by atoms with Crippen LogP contribution in [0.3, 0.4) is 0 Å². The Bertz CT molecular complexity index is 768. The molecule has 1 aromatic carbocycles. The van der Waals surface area contributed by atoms with Crippen LogP contribution in [0.25, 0.3) is 0 Å². The first-order valence-corrected chi connectivity index (χ1v) is 9.36. The zero-order chi connectivity index (χ0) is 18.5. The van der Waals surface area contributed by atoms with E-state index in [4.69, 9.17) is 9.47 Å². The number of thiophene rings is 1. The van der Waals surface area contributed by atoms with Crippen molar-refractivity contribution in [3.63, 3.8) is 0 Å². The van der Waals surface area contributed by atoms with Crippen LogP contribution in [0.2, 0.25) is 0 Å². The number of nitrogens with one attached hydrogen (secondary N) is 1. The molecule has 0 atom stereocenters. The highest BCUT2D eigenvalue weighted by atomic mass is 32.1. The zero-order valence-electron chi connectivity index (χ0n) is 14.9. The van der Waals surface area contributed by atoms with E-state index in [1.54, 1.807) is 32.4 Å². The first kappa shape index (κ1) is 18.3.